The largest absolute Gasteiger partial charge is 0.383 e. The van der Waals surface area contributed by atoms with E-state index < -0.39 is 0 Å². The van der Waals surface area contributed by atoms with E-state index in [0.29, 0.717) is 23.1 Å². The van der Waals surface area contributed by atoms with E-state index in [1.54, 1.807) is 17.9 Å². The lowest BCUT2D eigenvalue weighted by molar-refractivity contribution is 0.432. The van der Waals surface area contributed by atoms with Crippen LogP contribution in [0.5, 0.6) is 0 Å². The van der Waals surface area contributed by atoms with Crippen LogP contribution >= 0.6 is 15.9 Å². The van der Waals surface area contributed by atoms with Gasteiger partial charge in [0.05, 0.1) is 6.20 Å². The molecule has 0 atom stereocenters. The van der Waals surface area contributed by atoms with E-state index in [9.17, 15) is 0 Å². The predicted octanol–water partition coefficient (Wildman–Crippen LogP) is 2.79. The van der Waals surface area contributed by atoms with E-state index in [1.807, 2.05) is 25.1 Å². The minimum atomic E-state index is 0.368. The second-order valence-electron chi connectivity index (χ2n) is 4.45. The molecule has 0 unspecified atom stereocenters. The molecule has 2 aromatic heterocycles. The Bertz CT molecular complexity index is 777. The molecule has 102 valence electrons. The van der Waals surface area contributed by atoms with E-state index in [2.05, 4.69) is 31.2 Å². The Morgan fingerprint density at radius 3 is 2.75 bits per heavy atom. The van der Waals surface area contributed by atoms with E-state index in [0.717, 1.165) is 15.6 Å². The van der Waals surface area contributed by atoms with Crippen LogP contribution in [0.4, 0.5) is 5.82 Å². The summed E-state index contributed by atoms with van der Waals surface area (Å²) in [4.78, 5) is 4.39. The first-order chi connectivity index (χ1) is 9.56. The minimum Gasteiger partial charge on any atom is -0.383 e. The van der Waals surface area contributed by atoms with Gasteiger partial charge in [0.1, 0.15) is 11.4 Å². The molecule has 7 heteroatoms. The molecule has 6 nitrogen and oxygen atoms in total. The van der Waals surface area contributed by atoms with Crippen LogP contribution in [-0.4, -0.2) is 19.9 Å². The fraction of sp³-hybridized carbons (Fsp3) is 0.154. The summed E-state index contributed by atoms with van der Waals surface area (Å²) in [5.74, 6) is 1.40. The summed E-state index contributed by atoms with van der Waals surface area (Å²) in [6.07, 6.45) is 1.61. The summed E-state index contributed by atoms with van der Waals surface area (Å²) in [5, 5.41) is 8.07. The van der Waals surface area contributed by atoms with Gasteiger partial charge in [0.25, 0.3) is 5.89 Å². The van der Waals surface area contributed by atoms with Crippen LogP contribution in [0.15, 0.2) is 33.4 Å². The Balaban J connectivity index is 2.04. The van der Waals surface area contributed by atoms with E-state index >= 15 is 0 Å². The van der Waals surface area contributed by atoms with Gasteiger partial charge in [0.2, 0.25) is 5.82 Å². The minimum absolute atomic E-state index is 0.368. The molecule has 3 aromatic rings. The maximum atomic E-state index is 5.90. The first kappa shape index (κ1) is 12.9. The highest BCUT2D eigenvalue weighted by Crippen LogP contribution is 2.28. The monoisotopic (exact) mass is 333 g/mol. The number of aromatic nitrogens is 4. The summed E-state index contributed by atoms with van der Waals surface area (Å²) in [7, 11) is 1.76. The molecule has 0 aliphatic heterocycles. The standard InChI is InChI=1S/C13H12BrN5O/c1-7-5-8(14)3-4-9(7)12-17-13(20-18-12)10-6-16-19(2)11(10)15/h3-6H,15H2,1-2H3. The number of anilines is 1. The molecule has 0 spiro atoms. The van der Waals surface area contributed by atoms with Gasteiger partial charge in [-0.1, -0.05) is 21.1 Å². The number of halogens is 1. The quantitative estimate of drug-likeness (QED) is 0.779. The van der Waals surface area contributed by atoms with Crippen LogP contribution in [0.2, 0.25) is 0 Å². The van der Waals surface area contributed by atoms with Crippen molar-refractivity contribution < 1.29 is 4.52 Å². The smallest absolute Gasteiger partial charge is 0.263 e. The SMILES string of the molecule is Cc1cc(Br)ccc1-c1noc(-c2cnn(C)c2N)n1. The van der Waals surface area contributed by atoms with E-state index in [1.165, 1.54) is 0 Å². The summed E-state index contributed by atoms with van der Waals surface area (Å²) in [5.41, 5.74) is 8.52. The first-order valence-corrected chi connectivity index (χ1v) is 6.73. The van der Waals surface area contributed by atoms with Gasteiger partial charge in [-0.3, -0.25) is 4.68 Å². The number of hydrogen-bond acceptors (Lipinski definition) is 5. The molecule has 3 rings (SSSR count). The van der Waals surface area contributed by atoms with Crippen molar-refractivity contribution in [1.82, 2.24) is 19.9 Å². The van der Waals surface area contributed by atoms with E-state index in [4.69, 9.17) is 10.3 Å². The van der Waals surface area contributed by atoms with Crippen molar-refractivity contribution in [3.05, 3.63) is 34.4 Å². The van der Waals surface area contributed by atoms with Crippen molar-refractivity contribution in [2.75, 3.05) is 5.73 Å². The molecular formula is C13H12BrN5O. The van der Waals surface area contributed by atoms with Crippen molar-refractivity contribution in [3.8, 4) is 22.8 Å². The number of benzene rings is 1. The lowest BCUT2D eigenvalue weighted by atomic mass is 10.1. The molecule has 0 saturated heterocycles. The zero-order chi connectivity index (χ0) is 14.3. The molecule has 2 N–H and O–H groups in total. The molecule has 0 radical (unpaired) electrons. The van der Waals surface area contributed by atoms with Gasteiger partial charge in [-0.25, -0.2) is 0 Å². The van der Waals surface area contributed by atoms with Crippen LogP contribution in [0.3, 0.4) is 0 Å². The van der Waals surface area contributed by atoms with Crippen molar-refractivity contribution >= 4 is 21.7 Å². The van der Waals surface area contributed by atoms with Gasteiger partial charge in [-0.15, -0.1) is 0 Å². The van der Waals surface area contributed by atoms with Crippen LogP contribution in [0, 0.1) is 6.92 Å². The van der Waals surface area contributed by atoms with Crippen molar-refractivity contribution in [3.63, 3.8) is 0 Å². The number of hydrogen-bond donors (Lipinski definition) is 1. The summed E-state index contributed by atoms with van der Waals surface area (Å²) in [6.45, 7) is 1.99. The van der Waals surface area contributed by atoms with Gasteiger partial charge in [-0.05, 0) is 30.7 Å². The highest BCUT2D eigenvalue weighted by molar-refractivity contribution is 9.10. The second kappa shape index (κ2) is 4.75. The first-order valence-electron chi connectivity index (χ1n) is 5.94. The molecule has 0 fully saturated rings. The topological polar surface area (TPSA) is 82.8 Å². The molecule has 0 bridgehead atoms. The second-order valence-corrected chi connectivity index (χ2v) is 5.37. The molecule has 0 amide bonds. The Labute approximate surface area is 123 Å². The molecule has 0 saturated carbocycles. The zero-order valence-electron chi connectivity index (χ0n) is 11.0. The maximum Gasteiger partial charge on any atom is 0.263 e. The highest BCUT2D eigenvalue weighted by atomic mass is 79.9. The predicted molar refractivity (Wildman–Crippen MR) is 78.8 cm³/mol. The Kier molecular flexibility index (Phi) is 3.06. The average molecular weight is 334 g/mol. The lowest BCUT2D eigenvalue weighted by Crippen LogP contribution is -1.98. The number of nitrogens with zero attached hydrogens (tertiary/aromatic N) is 4. The fourth-order valence-corrected chi connectivity index (χ4v) is 2.41. The van der Waals surface area contributed by atoms with Crippen molar-refractivity contribution in [2.45, 2.75) is 6.92 Å². The Morgan fingerprint density at radius 1 is 1.30 bits per heavy atom. The van der Waals surface area contributed by atoms with Crippen LogP contribution < -0.4 is 5.73 Å². The molecule has 0 aliphatic carbocycles. The van der Waals surface area contributed by atoms with Crippen molar-refractivity contribution in [1.29, 1.82) is 0 Å². The van der Waals surface area contributed by atoms with E-state index in [-0.39, 0.29) is 0 Å². The Morgan fingerprint density at radius 2 is 2.10 bits per heavy atom. The highest BCUT2D eigenvalue weighted by Gasteiger charge is 2.16. The molecular weight excluding hydrogens is 322 g/mol. The summed E-state index contributed by atoms with van der Waals surface area (Å²) in [6, 6.07) is 5.89. The van der Waals surface area contributed by atoms with Crippen LogP contribution in [-0.2, 0) is 7.05 Å². The van der Waals surface area contributed by atoms with Crippen molar-refractivity contribution in [2.24, 2.45) is 7.05 Å². The summed E-state index contributed by atoms with van der Waals surface area (Å²) < 4.78 is 7.85. The number of nitrogen functional groups attached to an aromatic ring is 1. The van der Waals surface area contributed by atoms with Gasteiger partial charge in [-0.2, -0.15) is 10.1 Å². The average Bonchev–Trinajstić information content (AvgIpc) is 2.98. The van der Waals surface area contributed by atoms with Gasteiger partial charge >= 0.3 is 0 Å². The fourth-order valence-electron chi connectivity index (χ4n) is 1.93. The van der Waals surface area contributed by atoms with Gasteiger partial charge in [0, 0.05) is 17.1 Å². The molecule has 20 heavy (non-hydrogen) atoms. The number of rotatable bonds is 2. The number of nitrogens with two attached hydrogens (primary N) is 1. The maximum absolute atomic E-state index is 5.90. The zero-order valence-corrected chi connectivity index (χ0v) is 12.5. The third kappa shape index (κ3) is 2.09. The van der Waals surface area contributed by atoms with Crippen LogP contribution in [0.1, 0.15) is 5.56 Å². The normalized spacial score (nSPS) is 10.9. The van der Waals surface area contributed by atoms with Gasteiger partial charge < -0.3 is 10.3 Å². The third-order valence-electron chi connectivity index (χ3n) is 3.07. The van der Waals surface area contributed by atoms with Gasteiger partial charge in [0.15, 0.2) is 0 Å². The molecule has 1 aromatic carbocycles. The molecule has 2 heterocycles. The number of aryl methyl sites for hydroxylation is 2. The van der Waals surface area contributed by atoms with Crippen LogP contribution in [0.25, 0.3) is 22.8 Å². The lowest BCUT2D eigenvalue weighted by Gasteiger charge is -2.00. The third-order valence-corrected chi connectivity index (χ3v) is 3.56. The molecule has 0 aliphatic rings. The summed E-state index contributed by atoms with van der Waals surface area (Å²) >= 11 is 3.43. The Hall–Kier alpha value is -2.15.